The SMILES string of the molecule is CC(NC(=O)C(N)CCCN=C(N)N)C(=O)NC(Cc1ccc(O)cc1)C(=O)NC(Cc1ccc(O)cc1)C(=O)O. The van der Waals surface area contributed by atoms with Crippen molar-refractivity contribution in [2.24, 2.45) is 22.2 Å². The van der Waals surface area contributed by atoms with Gasteiger partial charge >= 0.3 is 5.97 Å². The van der Waals surface area contributed by atoms with Crippen LogP contribution in [0.4, 0.5) is 0 Å². The van der Waals surface area contributed by atoms with Crippen LogP contribution in [0.2, 0.25) is 0 Å². The number of carbonyl (C=O) groups is 4. The molecular formula is C27H37N7O7. The number of amides is 3. The van der Waals surface area contributed by atoms with Gasteiger partial charge in [0.15, 0.2) is 5.96 Å². The third kappa shape index (κ3) is 11.4. The number of phenols is 2. The van der Waals surface area contributed by atoms with E-state index in [1.165, 1.54) is 43.3 Å². The van der Waals surface area contributed by atoms with E-state index in [1.807, 2.05) is 0 Å². The number of nitrogens with two attached hydrogens (primary N) is 3. The molecule has 0 aliphatic heterocycles. The van der Waals surface area contributed by atoms with Crippen molar-refractivity contribution in [2.75, 3.05) is 6.54 Å². The summed E-state index contributed by atoms with van der Waals surface area (Å²) in [5.41, 5.74) is 17.5. The van der Waals surface area contributed by atoms with Crippen LogP contribution in [-0.2, 0) is 32.0 Å². The van der Waals surface area contributed by atoms with Crippen molar-refractivity contribution in [1.82, 2.24) is 16.0 Å². The van der Waals surface area contributed by atoms with Gasteiger partial charge in [0.25, 0.3) is 0 Å². The minimum Gasteiger partial charge on any atom is -0.508 e. The fraction of sp³-hybridized carbons (Fsp3) is 0.370. The van der Waals surface area contributed by atoms with Gasteiger partial charge in [-0.15, -0.1) is 0 Å². The van der Waals surface area contributed by atoms with E-state index in [4.69, 9.17) is 17.2 Å². The highest BCUT2D eigenvalue weighted by atomic mass is 16.4. The van der Waals surface area contributed by atoms with E-state index in [1.54, 1.807) is 12.1 Å². The number of hydrogen-bond donors (Lipinski definition) is 9. The number of carboxylic acid groups (broad SMARTS) is 1. The molecule has 12 N–H and O–H groups in total. The minimum absolute atomic E-state index is 0.00426. The first-order chi connectivity index (χ1) is 19.3. The lowest BCUT2D eigenvalue weighted by Gasteiger charge is -2.24. The Balaban J connectivity index is 2.10. The summed E-state index contributed by atoms with van der Waals surface area (Å²) in [6.45, 7) is 1.71. The number of carbonyl (C=O) groups excluding carboxylic acids is 3. The Morgan fingerprint density at radius 1 is 0.780 bits per heavy atom. The van der Waals surface area contributed by atoms with Crippen LogP contribution in [-0.4, -0.2) is 75.7 Å². The number of guanidine groups is 1. The van der Waals surface area contributed by atoms with Crippen molar-refractivity contribution in [3.63, 3.8) is 0 Å². The second-order valence-electron chi connectivity index (χ2n) is 9.49. The van der Waals surface area contributed by atoms with Gasteiger partial charge in [0.1, 0.15) is 29.6 Å². The van der Waals surface area contributed by atoms with Crippen molar-refractivity contribution < 1.29 is 34.5 Å². The molecule has 2 rings (SSSR count). The predicted molar refractivity (Wildman–Crippen MR) is 151 cm³/mol. The number of aromatic hydroxyl groups is 2. The van der Waals surface area contributed by atoms with Gasteiger partial charge in [0, 0.05) is 19.4 Å². The summed E-state index contributed by atoms with van der Waals surface area (Å²) in [6.07, 6.45) is 0.598. The maximum atomic E-state index is 13.2. The molecule has 14 nitrogen and oxygen atoms in total. The van der Waals surface area contributed by atoms with Crippen LogP contribution in [0.3, 0.4) is 0 Å². The molecule has 0 saturated heterocycles. The Labute approximate surface area is 237 Å². The van der Waals surface area contributed by atoms with E-state index in [0.717, 1.165) is 0 Å². The standard InChI is InChI=1S/C27H37N7O7/c1-15(32-24(38)20(28)3-2-12-31-27(29)30)23(37)33-21(13-16-4-8-18(35)9-5-16)25(39)34-22(26(40)41)14-17-6-10-19(36)11-7-17/h4-11,15,20-22,35-36H,2-3,12-14,28H2,1H3,(H,32,38)(H,33,37)(H,34,39)(H,40,41)(H4,29,30,31). The summed E-state index contributed by atoms with van der Waals surface area (Å²) in [5, 5.41) is 36.3. The van der Waals surface area contributed by atoms with Gasteiger partial charge in [-0.05, 0) is 55.2 Å². The molecule has 0 aliphatic carbocycles. The zero-order chi connectivity index (χ0) is 30.5. The molecule has 14 heteroatoms. The molecule has 0 aliphatic rings. The lowest BCUT2D eigenvalue weighted by atomic mass is 10.0. The average Bonchev–Trinajstić information content (AvgIpc) is 2.92. The maximum Gasteiger partial charge on any atom is 0.326 e. The van der Waals surface area contributed by atoms with Gasteiger partial charge in [-0.3, -0.25) is 19.4 Å². The van der Waals surface area contributed by atoms with Gasteiger partial charge in [-0.1, -0.05) is 24.3 Å². The molecule has 0 spiro atoms. The fourth-order valence-electron chi connectivity index (χ4n) is 3.75. The van der Waals surface area contributed by atoms with E-state index < -0.39 is 47.9 Å². The smallest absolute Gasteiger partial charge is 0.326 e. The lowest BCUT2D eigenvalue weighted by molar-refractivity contribution is -0.142. The first-order valence-corrected chi connectivity index (χ1v) is 12.9. The zero-order valence-electron chi connectivity index (χ0n) is 22.6. The molecule has 41 heavy (non-hydrogen) atoms. The molecule has 2 aromatic carbocycles. The summed E-state index contributed by atoms with van der Waals surface area (Å²) in [5.74, 6) is -3.41. The molecule has 0 bridgehead atoms. The van der Waals surface area contributed by atoms with Crippen molar-refractivity contribution in [3.8, 4) is 11.5 Å². The maximum absolute atomic E-state index is 13.2. The average molecular weight is 572 g/mol. The molecular weight excluding hydrogens is 534 g/mol. The predicted octanol–water partition coefficient (Wildman–Crippen LogP) is -1.18. The summed E-state index contributed by atoms with van der Waals surface area (Å²) < 4.78 is 0. The summed E-state index contributed by atoms with van der Waals surface area (Å²) >= 11 is 0. The van der Waals surface area contributed by atoms with E-state index in [2.05, 4.69) is 20.9 Å². The van der Waals surface area contributed by atoms with Crippen molar-refractivity contribution in [2.45, 2.75) is 56.8 Å². The number of phenolic OH excluding ortho intramolecular Hbond substituents is 2. The Bertz CT molecular complexity index is 1220. The van der Waals surface area contributed by atoms with Gasteiger partial charge in [-0.2, -0.15) is 0 Å². The fourth-order valence-corrected chi connectivity index (χ4v) is 3.75. The molecule has 0 fully saturated rings. The minimum atomic E-state index is -1.33. The number of nitrogens with one attached hydrogen (secondary N) is 3. The number of rotatable bonds is 15. The zero-order valence-corrected chi connectivity index (χ0v) is 22.6. The molecule has 4 unspecified atom stereocenters. The second-order valence-corrected chi connectivity index (χ2v) is 9.49. The summed E-state index contributed by atoms with van der Waals surface area (Å²) in [4.78, 5) is 54.4. The largest absolute Gasteiger partial charge is 0.508 e. The molecule has 0 radical (unpaired) electrons. The normalized spacial score (nSPS) is 13.6. The van der Waals surface area contributed by atoms with E-state index >= 15 is 0 Å². The van der Waals surface area contributed by atoms with Crippen LogP contribution in [0.1, 0.15) is 30.9 Å². The Kier molecular flexibility index (Phi) is 12.4. The van der Waals surface area contributed by atoms with Crippen LogP contribution < -0.4 is 33.2 Å². The molecule has 3 amide bonds. The lowest BCUT2D eigenvalue weighted by Crippen LogP contribution is -2.57. The third-order valence-corrected chi connectivity index (χ3v) is 6.06. The number of carboxylic acids is 1. The van der Waals surface area contributed by atoms with Crippen molar-refractivity contribution in [1.29, 1.82) is 0 Å². The third-order valence-electron chi connectivity index (χ3n) is 6.06. The Morgan fingerprint density at radius 2 is 1.27 bits per heavy atom. The number of nitrogens with zero attached hydrogens (tertiary/aromatic N) is 1. The number of aliphatic carboxylic acids is 1. The number of hydrogen-bond acceptors (Lipinski definition) is 8. The molecule has 222 valence electrons. The monoisotopic (exact) mass is 571 g/mol. The topological polar surface area (TPSA) is 255 Å². The quantitative estimate of drug-likeness (QED) is 0.0702. The molecule has 2 aromatic rings. The van der Waals surface area contributed by atoms with E-state index in [0.29, 0.717) is 17.5 Å². The molecule has 0 aromatic heterocycles. The summed E-state index contributed by atoms with van der Waals surface area (Å²) in [7, 11) is 0. The highest BCUT2D eigenvalue weighted by molar-refractivity contribution is 5.94. The van der Waals surface area contributed by atoms with Gasteiger partial charge in [-0.25, -0.2) is 4.79 Å². The van der Waals surface area contributed by atoms with E-state index in [9.17, 15) is 34.5 Å². The van der Waals surface area contributed by atoms with Crippen LogP contribution in [0.5, 0.6) is 11.5 Å². The highest BCUT2D eigenvalue weighted by Gasteiger charge is 2.29. The summed E-state index contributed by atoms with van der Waals surface area (Å²) in [6, 6.07) is 7.24. The molecule has 0 saturated carbocycles. The second kappa shape index (κ2) is 15.7. The van der Waals surface area contributed by atoms with Crippen LogP contribution in [0.15, 0.2) is 53.5 Å². The molecule has 0 heterocycles. The van der Waals surface area contributed by atoms with Crippen molar-refractivity contribution in [3.05, 3.63) is 59.7 Å². The van der Waals surface area contributed by atoms with Crippen LogP contribution >= 0.6 is 0 Å². The van der Waals surface area contributed by atoms with Crippen LogP contribution in [0, 0.1) is 0 Å². The first kappa shape index (κ1) is 32.4. The first-order valence-electron chi connectivity index (χ1n) is 12.9. The number of benzene rings is 2. The van der Waals surface area contributed by atoms with Gasteiger partial charge < -0.3 is 48.5 Å². The Hall–Kier alpha value is -4.85. The highest BCUT2D eigenvalue weighted by Crippen LogP contribution is 2.14. The van der Waals surface area contributed by atoms with Crippen molar-refractivity contribution >= 4 is 29.7 Å². The molecule has 4 atom stereocenters. The van der Waals surface area contributed by atoms with Gasteiger partial charge in [0.05, 0.1) is 6.04 Å². The van der Waals surface area contributed by atoms with E-state index in [-0.39, 0.29) is 43.3 Å². The number of aliphatic imine (C=N–C) groups is 1. The Morgan fingerprint density at radius 3 is 1.76 bits per heavy atom. The van der Waals surface area contributed by atoms with Gasteiger partial charge in [0.2, 0.25) is 17.7 Å². The van der Waals surface area contributed by atoms with Crippen LogP contribution in [0.25, 0.3) is 0 Å².